The van der Waals surface area contributed by atoms with Crippen LogP contribution in [0.5, 0.6) is 11.5 Å². The maximum Gasteiger partial charge on any atom is 0.141 e. The lowest BCUT2D eigenvalue weighted by atomic mass is 10.1. The first-order valence-electron chi connectivity index (χ1n) is 5.52. The number of halogens is 2. The zero-order chi connectivity index (χ0) is 13.1. The number of rotatable bonds is 3. The molecule has 0 bridgehead atoms. The number of ether oxygens (including phenoxy) is 1. The molecule has 0 saturated heterocycles. The largest absolute Gasteiger partial charge is 0.456 e. The van der Waals surface area contributed by atoms with Crippen molar-refractivity contribution in [2.24, 2.45) is 5.73 Å². The second-order valence-electron chi connectivity index (χ2n) is 3.99. The van der Waals surface area contributed by atoms with E-state index in [4.69, 9.17) is 10.5 Å². The summed E-state index contributed by atoms with van der Waals surface area (Å²) >= 11 is 3.27. The van der Waals surface area contributed by atoms with E-state index in [1.807, 2.05) is 25.1 Å². The summed E-state index contributed by atoms with van der Waals surface area (Å²) in [7, 11) is 0. The lowest BCUT2D eigenvalue weighted by Gasteiger charge is -2.12. The van der Waals surface area contributed by atoms with Crippen molar-refractivity contribution in [2.75, 3.05) is 0 Å². The number of nitrogens with two attached hydrogens (primary N) is 1. The van der Waals surface area contributed by atoms with Gasteiger partial charge in [-0.05, 0) is 52.7 Å². The zero-order valence-corrected chi connectivity index (χ0v) is 11.5. The Morgan fingerprint density at radius 2 is 1.94 bits per heavy atom. The van der Waals surface area contributed by atoms with Gasteiger partial charge in [-0.25, -0.2) is 4.39 Å². The quantitative estimate of drug-likeness (QED) is 0.924. The molecule has 0 heterocycles. The summed E-state index contributed by atoms with van der Waals surface area (Å²) in [6.45, 7) is 2.38. The van der Waals surface area contributed by atoms with Gasteiger partial charge in [-0.3, -0.25) is 0 Å². The summed E-state index contributed by atoms with van der Waals surface area (Å²) in [5, 5.41) is 0. The van der Waals surface area contributed by atoms with Gasteiger partial charge in [0.15, 0.2) is 0 Å². The Balaban J connectivity index is 2.36. The third-order valence-electron chi connectivity index (χ3n) is 2.56. The van der Waals surface area contributed by atoms with Crippen LogP contribution in [0.25, 0.3) is 0 Å². The summed E-state index contributed by atoms with van der Waals surface area (Å²) in [6, 6.07) is 10.1. The first-order valence-corrected chi connectivity index (χ1v) is 6.32. The van der Waals surface area contributed by atoms with Crippen molar-refractivity contribution in [1.82, 2.24) is 0 Å². The van der Waals surface area contributed by atoms with E-state index in [-0.39, 0.29) is 5.82 Å². The van der Waals surface area contributed by atoms with Crippen LogP contribution >= 0.6 is 15.9 Å². The molecule has 0 unspecified atom stereocenters. The molecule has 0 atom stereocenters. The molecular formula is C14H13BrFNO. The number of hydrogen-bond acceptors (Lipinski definition) is 2. The fourth-order valence-electron chi connectivity index (χ4n) is 1.60. The predicted octanol–water partition coefficient (Wildman–Crippen LogP) is 4.15. The minimum absolute atomic E-state index is 0.308. The van der Waals surface area contributed by atoms with E-state index in [9.17, 15) is 4.39 Å². The Hall–Kier alpha value is -1.39. The first-order chi connectivity index (χ1) is 8.60. The van der Waals surface area contributed by atoms with Crippen LogP contribution in [0.2, 0.25) is 0 Å². The third-order valence-corrected chi connectivity index (χ3v) is 3.18. The van der Waals surface area contributed by atoms with E-state index in [0.29, 0.717) is 22.5 Å². The summed E-state index contributed by atoms with van der Waals surface area (Å²) in [4.78, 5) is 0. The van der Waals surface area contributed by atoms with Gasteiger partial charge >= 0.3 is 0 Å². The Morgan fingerprint density at radius 1 is 1.17 bits per heavy atom. The molecule has 0 amide bonds. The Bertz CT molecular complexity index is 572. The lowest BCUT2D eigenvalue weighted by molar-refractivity contribution is 0.471. The number of hydrogen-bond donors (Lipinski definition) is 1. The van der Waals surface area contributed by atoms with Crippen LogP contribution in [-0.4, -0.2) is 0 Å². The smallest absolute Gasteiger partial charge is 0.141 e. The van der Waals surface area contributed by atoms with Gasteiger partial charge in [-0.15, -0.1) is 0 Å². The highest BCUT2D eigenvalue weighted by molar-refractivity contribution is 9.10. The van der Waals surface area contributed by atoms with E-state index >= 15 is 0 Å². The van der Waals surface area contributed by atoms with Crippen LogP contribution in [0.15, 0.2) is 40.9 Å². The highest BCUT2D eigenvalue weighted by Gasteiger charge is 2.07. The SMILES string of the molecule is Cc1ccc(CN)c(Oc2ccc(F)cc2Br)c1. The molecule has 2 nitrogen and oxygen atoms in total. The molecule has 2 rings (SSSR count). The molecule has 0 radical (unpaired) electrons. The maximum atomic E-state index is 13.0. The average molecular weight is 310 g/mol. The molecule has 2 N–H and O–H groups in total. The van der Waals surface area contributed by atoms with Crippen molar-refractivity contribution in [3.8, 4) is 11.5 Å². The summed E-state index contributed by atoms with van der Waals surface area (Å²) in [5.74, 6) is 0.957. The molecule has 0 spiro atoms. The molecule has 0 aliphatic carbocycles. The summed E-state index contributed by atoms with van der Waals surface area (Å²) in [5.41, 5.74) is 7.66. The Morgan fingerprint density at radius 3 is 2.61 bits per heavy atom. The maximum absolute atomic E-state index is 13.0. The van der Waals surface area contributed by atoms with Gasteiger partial charge in [0.25, 0.3) is 0 Å². The minimum atomic E-state index is -0.308. The van der Waals surface area contributed by atoms with E-state index in [2.05, 4.69) is 15.9 Å². The molecule has 2 aromatic carbocycles. The molecule has 0 fully saturated rings. The topological polar surface area (TPSA) is 35.2 Å². The van der Waals surface area contributed by atoms with Crippen molar-refractivity contribution >= 4 is 15.9 Å². The monoisotopic (exact) mass is 309 g/mol. The van der Waals surface area contributed by atoms with Gasteiger partial charge in [0.05, 0.1) is 4.47 Å². The second kappa shape index (κ2) is 5.50. The van der Waals surface area contributed by atoms with Crippen LogP contribution in [0, 0.1) is 12.7 Å². The van der Waals surface area contributed by atoms with Crippen molar-refractivity contribution < 1.29 is 9.13 Å². The minimum Gasteiger partial charge on any atom is -0.456 e. The second-order valence-corrected chi connectivity index (χ2v) is 4.85. The van der Waals surface area contributed by atoms with Gasteiger partial charge in [0, 0.05) is 12.1 Å². The molecular weight excluding hydrogens is 297 g/mol. The molecule has 0 aliphatic rings. The van der Waals surface area contributed by atoms with Crippen LogP contribution in [-0.2, 0) is 6.54 Å². The summed E-state index contributed by atoms with van der Waals surface area (Å²) in [6.07, 6.45) is 0. The zero-order valence-electron chi connectivity index (χ0n) is 9.91. The average Bonchev–Trinajstić information content (AvgIpc) is 2.33. The van der Waals surface area contributed by atoms with Crippen molar-refractivity contribution in [1.29, 1.82) is 0 Å². The van der Waals surface area contributed by atoms with Gasteiger partial charge < -0.3 is 10.5 Å². The molecule has 0 aliphatic heterocycles. The number of aryl methyl sites for hydroxylation is 1. The van der Waals surface area contributed by atoms with Crippen molar-refractivity contribution in [2.45, 2.75) is 13.5 Å². The van der Waals surface area contributed by atoms with Crippen molar-refractivity contribution in [3.63, 3.8) is 0 Å². The Kier molecular flexibility index (Phi) is 3.99. The predicted molar refractivity (Wildman–Crippen MR) is 73.2 cm³/mol. The molecule has 4 heteroatoms. The normalized spacial score (nSPS) is 10.4. The molecule has 2 aromatic rings. The highest BCUT2D eigenvalue weighted by Crippen LogP contribution is 2.32. The first kappa shape index (κ1) is 13.1. The van der Waals surface area contributed by atoms with Gasteiger partial charge in [0.2, 0.25) is 0 Å². The van der Waals surface area contributed by atoms with Gasteiger partial charge in [-0.1, -0.05) is 12.1 Å². The lowest BCUT2D eigenvalue weighted by Crippen LogP contribution is -2.00. The molecule has 18 heavy (non-hydrogen) atoms. The van der Waals surface area contributed by atoms with Crippen LogP contribution in [0.4, 0.5) is 4.39 Å². The Labute approximate surface area is 114 Å². The van der Waals surface area contributed by atoms with E-state index in [1.165, 1.54) is 12.1 Å². The fraction of sp³-hybridized carbons (Fsp3) is 0.143. The summed E-state index contributed by atoms with van der Waals surface area (Å²) < 4.78 is 19.3. The highest BCUT2D eigenvalue weighted by atomic mass is 79.9. The third kappa shape index (κ3) is 2.89. The van der Waals surface area contributed by atoms with Crippen LogP contribution in [0.1, 0.15) is 11.1 Å². The van der Waals surface area contributed by atoms with Crippen LogP contribution in [0.3, 0.4) is 0 Å². The fourth-order valence-corrected chi connectivity index (χ4v) is 2.03. The van der Waals surface area contributed by atoms with Crippen LogP contribution < -0.4 is 10.5 Å². The van der Waals surface area contributed by atoms with E-state index in [0.717, 1.165) is 11.1 Å². The van der Waals surface area contributed by atoms with Crippen molar-refractivity contribution in [3.05, 3.63) is 57.8 Å². The van der Waals surface area contributed by atoms with E-state index < -0.39 is 0 Å². The van der Waals surface area contributed by atoms with E-state index in [1.54, 1.807) is 6.07 Å². The molecule has 94 valence electrons. The van der Waals surface area contributed by atoms with Gasteiger partial charge in [0.1, 0.15) is 17.3 Å². The molecule has 0 aromatic heterocycles. The van der Waals surface area contributed by atoms with Gasteiger partial charge in [-0.2, -0.15) is 0 Å². The number of benzene rings is 2. The standard InChI is InChI=1S/C14H13BrFNO/c1-9-2-3-10(8-17)14(6-9)18-13-5-4-11(16)7-12(13)15/h2-7H,8,17H2,1H3. The molecule has 0 saturated carbocycles.